The second kappa shape index (κ2) is 17.7. The van der Waals surface area contributed by atoms with Crippen LogP contribution < -0.4 is 0 Å². The third-order valence-corrected chi connectivity index (χ3v) is 15.2. The quantitative estimate of drug-likeness (QED) is 0.292. The van der Waals surface area contributed by atoms with Crippen molar-refractivity contribution in [3.8, 4) is 0 Å². The number of piperidine rings is 4. The smallest absolute Gasteiger partial charge is 0.0731 e. The van der Waals surface area contributed by atoms with Crippen LogP contribution in [0.25, 0.3) is 0 Å². The number of hydrogen-bond acceptors (Lipinski definition) is 8. The maximum atomic E-state index is 5.74. The van der Waals surface area contributed by atoms with Crippen LogP contribution in [0.4, 0.5) is 0 Å². The van der Waals surface area contributed by atoms with Gasteiger partial charge < -0.3 is 19.1 Å². The van der Waals surface area contributed by atoms with Gasteiger partial charge in [0.05, 0.1) is 37.6 Å². The first-order valence-corrected chi connectivity index (χ1v) is 22.6. The maximum absolute atomic E-state index is 5.74. The molecule has 8 unspecified atom stereocenters. The van der Waals surface area contributed by atoms with Gasteiger partial charge in [-0.3, -0.25) is 19.6 Å². The zero-order valence-electron chi connectivity index (χ0n) is 36.7. The summed E-state index contributed by atoms with van der Waals surface area (Å²) in [4.78, 5) is 12.9. The molecule has 2 aliphatic carbocycles. The summed E-state index contributed by atoms with van der Waals surface area (Å²) in [5, 5.41) is 0. The highest BCUT2D eigenvalue weighted by Gasteiger charge is 2.66. The molecular formula is C45H85N5O3. The summed E-state index contributed by atoms with van der Waals surface area (Å²) < 4.78 is 16.7. The van der Waals surface area contributed by atoms with E-state index >= 15 is 0 Å². The molecule has 8 bridgehead atoms. The third kappa shape index (κ3) is 10.4. The lowest BCUT2D eigenvalue weighted by Gasteiger charge is -2.48. The molecule has 308 valence electrons. The molecule has 10 heterocycles. The van der Waals surface area contributed by atoms with Crippen LogP contribution in [0.2, 0.25) is 0 Å². The summed E-state index contributed by atoms with van der Waals surface area (Å²) in [5.74, 6) is 2.14. The topological polar surface area (TPSA) is 43.9 Å². The van der Waals surface area contributed by atoms with Crippen LogP contribution in [-0.2, 0) is 14.2 Å². The molecule has 8 heteroatoms. The van der Waals surface area contributed by atoms with Crippen LogP contribution in [0.15, 0.2) is 0 Å². The van der Waals surface area contributed by atoms with Crippen LogP contribution in [-0.4, -0.2) is 157 Å². The summed E-state index contributed by atoms with van der Waals surface area (Å²) >= 11 is 0. The lowest BCUT2D eigenvalue weighted by molar-refractivity contribution is -0.185. The van der Waals surface area contributed by atoms with Crippen molar-refractivity contribution in [1.82, 2.24) is 24.5 Å². The van der Waals surface area contributed by atoms with E-state index in [0.717, 1.165) is 75.4 Å². The van der Waals surface area contributed by atoms with Crippen molar-refractivity contribution >= 4 is 0 Å². The Labute approximate surface area is 327 Å². The number of fused-ring (bicyclic) bond motifs is 9. The van der Waals surface area contributed by atoms with Crippen molar-refractivity contribution < 1.29 is 14.2 Å². The van der Waals surface area contributed by atoms with Crippen LogP contribution in [0.5, 0.6) is 0 Å². The van der Waals surface area contributed by atoms with E-state index in [2.05, 4.69) is 108 Å². The first kappa shape index (κ1) is 42.3. The van der Waals surface area contributed by atoms with E-state index in [4.69, 9.17) is 14.2 Å². The van der Waals surface area contributed by atoms with Gasteiger partial charge in [0.2, 0.25) is 0 Å². The van der Waals surface area contributed by atoms with Crippen molar-refractivity contribution in [2.45, 2.75) is 201 Å². The molecule has 0 N–H and O–H groups in total. The van der Waals surface area contributed by atoms with E-state index in [1.807, 2.05) is 0 Å². The van der Waals surface area contributed by atoms with E-state index < -0.39 is 0 Å². The zero-order valence-corrected chi connectivity index (χ0v) is 36.7. The molecule has 8 nitrogen and oxygen atoms in total. The molecule has 0 aromatic rings. The zero-order chi connectivity index (χ0) is 38.2. The predicted octanol–water partition coefficient (Wildman–Crippen LogP) is 7.25. The van der Waals surface area contributed by atoms with E-state index in [1.54, 1.807) is 0 Å². The molecule has 12 aliphatic rings. The number of rotatable bonds is 5. The summed E-state index contributed by atoms with van der Waals surface area (Å²) in [7, 11) is 0. The van der Waals surface area contributed by atoms with Gasteiger partial charge in [0.1, 0.15) is 0 Å². The molecule has 0 amide bonds. The minimum Gasteiger partial charge on any atom is -0.378 e. The van der Waals surface area contributed by atoms with Crippen LogP contribution in [0.3, 0.4) is 0 Å². The summed E-state index contributed by atoms with van der Waals surface area (Å²) in [6, 6.07) is 5.09. The summed E-state index contributed by atoms with van der Waals surface area (Å²) in [5.41, 5.74) is 1.36. The van der Waals surface area contributed by atoms with E-state index in [-0.39, 0.29) is 0 Å². The van der Waals surface area contributed by atoms with Gasteiger partial charge >= 0.3 is 0 Å². The Kier molecular flexibility index (Phi) is 14.1. The third-order valence-electron chi connectivity index (χ3n) is 15.2. The summed E-state index contributed by atoms with van der Waals surface area (Å²) in [6.07, 6.45) is 13.3. The van der Waals surface area contributed by atoms with Gasteiger partial charge in [-0.15, -0.1) is 0 Å². The standard InChI is InChI=1S/C10H19N.2C9H17NO.C9H17N.C8H15NO/c1-8(2)11-6-9(3)5-10(9,4)7-11;1-7(2)10-8-3-4-9(10)6-11-5-8;1-7(2)10-5-8-3-4-9(6-10)11-8;1-7(2)10-5-8-3-9(4-8)6-10;1-6(2)9-4-7-3-8(5-9)10-7/h8H,5-7H2,1-4H3;2*7-9H,3-6H2,1-2H3;7-9H,3-6H2,1-2H3;6-8H,3-5H2,1-2H3. The first-order valence-electron chi connectivity index (χ1n) is 22.6. The van der Waals surface area contributed by atoms with Crippen LogP contribution in [0.1, 0.15) is 134 Å². The first-order chi connectivity index (χ1) is 25.0. The Bertz CT molecular complexity index is 1040. The van der Waals surface area contributed by atoms with Crippen molar-refractivity contribution in [1.29, 1.82) is 0 Å². The molecule has 12 rings (SSSR count). The average molecular weight is 744 g/mol. The van der Waals surface area contributed by atoms with Gasteiger partial charge in [0, 0.05) is 101 Å². The highest BCUT2D eigenvalue weighted by molar-refractivity contribution is 5.17. The van der Waals surface area contributed by atoms with E-state index in [1.165, 1.54) is 77.5 Å². The SMILES string of the molecule is CC(C)N1C2CCC1COC2.CC(C)N1CC2(C)CC2(C)C1.CC(C)N1CC2CC(C1)O2.CC(C)N1CC2CC(C2)C1.CC(C)N1CC2CCC(C1)O2. The predicted molar refractivity (Wildman–Crippen MR) is 220 cm³/mol. The molecular weight excluding hydrogens is 659 g/mol. The largest absolute Gasteiger partial charge is 0.378 e. The Morgan fingerprint density at radius 1 is 0.453 bits per heavy atom. The molecule has 0 radical (unpaired) electrons. The highest BCUT2D eigenvalue weighted by atomic mass is 16.5. The summed E-state index contributed by atoms with van der Waals surface area (Å²) in [6.45, 7) is 39.7. The van der Waals surface area contributed by atoms with Gasteiger partial charge in [-0.25, -0.2) is 0 Å². The fraction of sp³-hybridized carbons (Fsp3) is 1.00. The lowest BCUT2D eigenvalue weighted by atomic mass is 9.71. The molecule has 0 spiro atoms. The average Bonchev–Trinajstić information content (AvgIpc) is 3.29. The molecule has 10 saturated heterocycles. The van der Waals surface area contributed by atoms with Gasteiger partial charge in [-0.1, -0.05) is 13.8 Å². The molecule has 0 aromatic carbocycles. The Morgan fingerprint density at radius 2 is 0.830 bits per heavy atom. The Balaban J connectivity index is 0.000000113. The molecule has 10 aliphatic heterocycles. The number of likely N-dealkylation sites (tertiary alicyclic amines) is 2. The van der Waals surface area contributed by atoms with Gasteiger partial charge in [0.15, 0.2) is 0 Å². The highest BCUT2D eigenvalue weighted by Crippen LogP contribution is 2.67. The van der Waals surface area contributed by atoms with Gasteiger partial charge in [-0.2, -0.15) is 0 Å². The molecule has 8 atom stereocenters. The molecule has 2 saturated carbocycles. The molecule has 53 heavy (non-hydrogen) atoms. The molecule has 0 aromatic heterocycles. The second-order valence-electron chi connectivity index (χ2n) is 21.2. The fourth-order valence-corrected chi connectivity index (χ4v) is 11.3. The Morgan fingerprint density at radius 3 is 1.17 bits per heavy atom. The lowest BCUT2D eigenvalue weighted by Crippen LogP contribution is -2.58. The minimum atomic E-state index is 0.552. The Hall–Kier alpha value is -0.320. The monoisotopic (exact) mass is 744 g/mol. The van der Waals surface area contributed by atoms with E-state index in [9.17, 15) is 0 Å². The number of hydrogen-bond donors (Lipinski definition) is 0. The normalized spacial score (nSPS) is 41.4. The van der Waals surface area contributed by atoms with Crippen LogP contribution in [0, 0.1) is 22.7 Å². The van der Waals surface area contributed by atoms with Crippen LogP contribution >= 0.6 is 0 Å². The number of morpholine rings is 3. The van der Waals surface area contributed by atoms with Crippen molar-refractivity contribution in [2.24, 2.45) is 22.7 Å². The van der Waals surface area contributed by atoms with Crippen molar-refractivity contribution in [3.63, 3.8) is 0 Å². The minimum absolute atomic E-state index is 0.552. The number of nitrogens with zero attached hydrogens (tertiary/aromatic N) is 5. The second-order valence-corrected chi connectivity index (χ2v) is 21.2. The van der Waals surface area contributed by atoms with Gasteiger partial charge in [-0.05, 0) is 137 Å². The van der Waals surface area contributed by atoms with Crippen molar-refractivity contribution in [2.75, 3.05) is 65.6 Å². The van der Waals surface area contributed by atoms with Crippen molar-refractivity contribution in [3.05, 3.63) is 0 Å². The maximum Gasteiger partial charge on any atom is 0.0731 e. The van der Waals surface area contributed by atoms with E-state index in [0.29, 0.717) is 53.4 Å². The fourth-order valence-electron chi connectivity index (χ4n) is 11.3. The van der Waals surface area contributed by atoms with Gasteiger partial charge in [0.25, 0.3) is 0 Å². The molecule has 12 fully saturated rings. The number of ether oxygens (including phenoxy) is 3.